The Kier molecular flexibility index (Phi) is 5.04. The van der Waals surface area contributed by atoms with Crippen molar-refractivity contribution in [2.45, 2.75) is 90.0 Å². The summed E-state index contributed by atoms with van der Waals surface area (Å²) in [6.07, 6.45) is 12.0. The summed E-state index contributed by atoms with van der Waals surface area (Å²) in [5.41, 5.74) is 1.98. The molecule has 2 nitrogen and oxygen atoms in total. The lowest BCUT2D eigenvalue weighted by atomic mass is 9.55. The number of hydrogen-bond acceptors (Lipinski definition) is 2. The van der Waals surface area contributed by atoms with Gasteiger partial charge >= 0.3 is 0 Å². The fraction of sp³-hybridized carbons (Fsp3) is 0.857. The molecule has 3 heteroatoms. The number of aldehydes is 1. The van der Waals surface area contributed by atoms with Gasteiger partial charge in [0, 0.05) is 11.6 Å². The van der Waals surface area contributed by atoms with E-state index in [1.807, 2.05) is 6.08 Å². The second-order valence-corrected chi connectivity index (χ2v) is 9.34. The number of rotatable bonds is 7. The molecule has 7 atom stereocenters. The van der Waals surface area contributed by atoms with Crippen LogP contribution in [0, 0.1) is 23.2 Å². The van der Waals surface area contributed by atoms with Gasteiger partial charge in [-0.15, -0.1) is 0 Å². The van der Waals surface area contributed by atoms with Crippen LogP contribution in [0.3, 0.4) is 0 Å². The van der Waals surface area contributed by atoms with Crippen molar-refractivity contribution in [3.8, 4) is 0 Å². The summed E-state index contributed by atoms with van der Waals surface area (Å²) in [6, 6.07) is 0.741. The molecule has 1 N–H and O–H groups in total. The lowest BCUT2D eigenvalue weighted by Crippen LogP contribution is -2.45. The third-order valence-electron chi connectivity index (χ3n) is 7.94. The minimum absolute atomic E-state index is 0.178. The average molecular weight is 329 g/mol. The molecule has 0 aromatic carbocycles. The molecule has 1 saturated heterocycles. The topological polar surface area (TPSA) is 39.0 Å². The summed E-state index contributed by atoms with van der Waals surface area (Å²) < 4.78 is 0. The van der Waals surface area contributed by atoms with Crippen molar-refractivity contribution in [3.63, 3.8) is 0 Å². The van der Waals surface area contributed by atoms with Crippen LogP contribution in [0.4, 0.5) is 0 Å². The van der Waals surface area contributed by atoms with Crippen molar-refractivity contribution < 1.29 is 4.79 Å². The summed E-state index contributed by atoms with van der Waals surface area (Å²) >= 11 is 0. The number of carbonyl (C=O) groups excluding carboxylic acids is 1. The zero-order valence-electron chi connectivity index (χ0n) is 16.4. The first-order chi connectivity index (χ1) is 11.4. The monoisotopic (exact) mass is 329 g/mol. The van der Waals surface area contributed by atoms with Crippen molar-refractivity contribution in [1.82, 2.24) is 5.32 Å². The second-order valence-electron chi connectivity index (χ2n) is 9.34. The van der Waals surface area contributed by atoms with Crippen LogP contribution in [0.5, 0.6) is 0 Å². The summed E-state index contributed by atoms with van der Waals surface area (Å²) in [4.78, 5) is 11.2. The minimum Gasteiger partial charge on any atom is -0.305 e. The highest BCUT2D eigenvalue weighted by molar-refractivity contribution is 6.12. The predicted molar refractivity (Wildman–Crippen MR) is 104 cm³/mol. The van der Waals surface area contributed by atoms with E-state index in [-0.39, 0.29) is 5.41 Å². The number of nitrogens with one attached hydrogen (secondary N) is 1. The lowest BCUT2D eigenvalue weighted by molar-refractivity contribution is -0.104. The Labute approximate surface area is 149 Å². The molecule has 3 aliphatic rings. The molecule has 1 spiro atoms. The lowest BCUT2D eigenvalue weighted by Gasteiger charge is -2.49. The van der Waals surface area contributed by atoms with Crippen LogP contribution in [0.25, 0.3) is 0 Å². The molecule has 0 bridgehead atoms. The van der Waals surface area contributed by atoms with Gasteiger partial charge in [-0.05, 0) is 55.4 Å². The molecule has 0 aromatic rings. The molecule has 0 radical (unpaired) electrons. The standard InChI is InChI=1S/C21H36BNO/c1-5-7-16-17(20(4,9-6-2)14(3)8-10-24)12-19-21(23-19)13-15(22)11-18(16)21/h8,10,15-19,23H,5-7,9,11-13,22H2,1-4H3/b14-8-. The fourth-order valence-electron chi connectivity index (χ4n) is 6.79. The maximum Gasteiger partial charge on any atom is 0.142 e. The van der Waals surface area contributed by atoms with E-state index in [2.05, 4.69) is 40.9 Å². The van der Waals surface area contributed by atoms with E-state index >= 15 is 0 Å². The van der Waals surface area contributed by atoms with E-state index < -0.39 is 0 Å². The summed E-state index contributed by atoms with van der Waals surface area (Å²) in [5, 5.41) is 3.95. The van der Waals surface area contributed by atoms with Gasteiger partial charge in [0.15, 0.2) is 0 Å². The Hall–Kier alpha value is -0.565. The molecule has 7 unspecified atom stereocenters. The Balaban J connectivity index is 1.95. The largest absolute Gasteiger partial charge is 0.305 e. The third-order valence-corrected chi connectivity index (χ3v) is 7.94. The molecule has 3 fully saturated rings. The van der Waals surface area contributed by atoms with Crippen molar-refractivity contribution in [2.24, 2.45) is 23.2 Å². The molecule has 2 aliphatic carbocycles. The number of allylic oxidation sites excluding steroid dienone is 2. The van der Waals surface area contributed by atoms with Crippen LogP contribution < -0.4 is 5.32 Å². The molecule has 0 amide bonds. The molecule has 1 heterocycles. The Morgan fingerprint density at radius 3 is 2.71 bits per heavy atom. The highest BCUT2D eigenvalue weighted by Gasteiger charge is 2.68. The number of carbonyl (C=O) groups is 1. The SMILES string of the molecule is BC1CC2C(CCC)C(C(C)(CCC)/C(C)=C\C=O)CC3NC32C1. The molecule has 24 heavy (non-hydrogen) atoms. The summed E-state index contributed by atoms with van der Waals surface area (Å²) in [6.45, 7) is 9.29. The van der Waals surface area contributed by atoms with E-state index in [1.165, 1.54) is 50.5 Å². The van der Waals surface area contributed by atoms with E-state index in [0.717, 1.165) is 35.9 Å². The molecular formula is C21H36BNO. The third kappa shape index (κ3) is 2.71. The van der Waals surface area contributed by atoms with Crippen LogP contribution >= 0.6 is 0 Å². The average Bonchev–Trinajstić information content (AvgIpc) is 3.12. The summed E-state index contributed by atoms with van der Waals surface area (Å²) in [7, 11) is 2.45. The van der Waals surface area contributed by atoms with E-state index in [9.17, 15) is 4.79 Å². The highest BCUT2D eigenvalue weighted by Crippen LogP contribution is 2.65. The van der Waals surface area contributed by atoms with Crippen LogP contribution in [0.15, 0.2) is 11.6 Å². The van der Waals surface area contributed by atoms with Crippen LogP contribution in [0.1, 0.15) is 72.6 Å². The maximum absolute atomic E-state index is 11.2. The fourth-order valence-corrected chi connectivity index (χ4v) is 6.79. The normalized spacial score (nSPS) is 43.7. The number of hydrogen-bond donors (Lipinski definition) is 1. The molecular weight excluding hydrogens is 293 g/mol. The van der Waals surface area contributed by atoms with E-state index in [4.69, 9.17) is 0 Å². The predicted octanol–water partition coefficient (Wildman–Crippen LogP) is 3.92. The van der Waals surface area contributed by atoms with Gasteiger partial charge in [0.25, 0.3) is 0 Å². The quantitative estimate of drug-likeness (QED) is 0.333. The van der Waals surface area contributed by atoms with Crippen molar-refractivity contribution in [3.05, 3.63) is 11.6 Å². The van der Waals surface area contributed by atoms with Gasteiger partial charge in [0.05, 0.1) is 0 Å². The molecule has 1 aliphatic heterocycles. The van der Waals surface area contributed by atoms with Gasteiger partial charge in [-0.25, -0.2) is 0 Å². The van der Waals surface area contributed by atoms with Crippen LogP contribution in [0.2, 0.25) is 5.82 Å². The Bertz CT molecular complexity index is 518. The van der Waals surface area contributed by atoms with Gasteiger partial charge in [0.1, 0.15) is 14.1 Å². The first-order valence-electron chi connectivity index (χ1n) is 10.3. The Morgan fingerprint density at radius 2 is 2.08 bits per heavy atom. The van der Waals surface area contributed by atoms with E-state index in [0.29, 0.717) is 5.54 Å². The maximum atomic E-state index is 11.2. The van der Waals surface area contributed by atoms with Crippen molar-refractivity contribution in [1.29, 1.82) is 0 Å². The minimum atomic E-state index is 0.178. The van der Waals surface area contributed by atoms with Crippen molar-refractivity contribution in [2.75, 3.05) is 0 Å². The van der Waals surface area contributed by atoms with Gasteiger partial charge in [-0.1, -0.05) is 57.8 Å². The van der Waals surface area contributed by atoms with Gasteiger partial charge in [-0.3, -0.25) is 4.79 Å². The highest BCUT2D eigenvalue weighted by atomic mass is 16.1. The van der Waals surface area contributed by atoms with Gasteiger partial charge in [0.2, 0.25) is 0 Å². The summed E-state index contributed by atoms with van der Waals surface area (Å²) in [5.74, 6) is 3.26. The van der Waals surface area contributed by atoms with Gasteiger partial charge in [-0.2, -0.15) is 0 Å². The van der Waals surface area contributed by atoms with Gasteiger partial charge < -0.3 is 5.32 Å². The molecule has 134 valence electrons. The zero-order valence-corrected chi connectivity index (χ0v) is 16.4. The smallest absolute Gasteiger partial charge is 0.142 e. The molecule has 2 saturated carbocycles. The Morgan fingerprint density at radius 1 is 1.33 bits per heavy atom. The molecule has 3 rings (SSSR count). The van der Waals surface area contributed by atoms with Crippen molar-refractivity contribution >= 4 is 14.1 Å². The van der Waals surface area contributed by atoms with Crippen LogP contribution in [-0.4, -0.2) is 25.7 Å². The van der Waals surface area contributed by atoms with E-state index in [1.54, 1.807) is 0 Å². The second kappa shape index (κ2) is 6.63. The first-order valence-corrected chi connectivity index (χ1v) is 10.3. The first kappa shape index (κ1) is 18.2. The zero-order chi connectivity index (χ0) is 17.5. The molecule has 0 aromatic heterocycles. The van der Waals surface area contributed by atoms with Crippen LogP contribution in [-0.2, 0) is 4.79 Å².